The summed E-state index contributed by atoms with van der Waals surface area (Å²) in [6.07, 6.45) is 2.85. The van der Waals surface area contributed by atoms with Gasteiger partial charge in [0.05, 0.1) is 10.0 Å². The smallest absolute Gasteiger partial charge is 0.0595 e. The molecule has 1 atom stereocenters. The van der Waals surface area contributed by atoms with Gasteiger partial charge in [-0.3, -0.25) is 11.3 Å². The van der Waals surface area contributed by atoms with Gasteiger partial charge in [0, 0.05) is 11.6 Å². The van der Waals surface area contributed by atoms with Crippen LogP contribution in [0.1, 0.15) is 32.3 Å². The molecule has 0 saturated carbocycles. The predicted molar refractivity (Wildman–Crippen MR) is 88.3 cm³/mol. The van der Waals surface area contributed by atoms with Crippen LogP contribution >= 0.6 is 23.2 Å². The fourth-order valence-electron chi connectivity index (χ4n) is 2.99. The largest absolute Gasteiger partial charge is 0.302 e. The van der Waals surface area contributed by atoms with Crippen LogP contribution in [0.4, 0.5) is 0 Å². The molecular weight excluding hydrogens is 293 g/mol. The van der Waals surface area contributed by atoms with Gasteiger partial charge in [-0.25, -0.2) is 0 Å². The number of nitrogens with zero attached hydrogens (tertiary/aromatic N) is 1. The second-order valence-electron chi connectivity index (χ2n) is 5.38. The third kappa shape index (κ3) is 3.66. The van der Waals surface area contributed by atoms with Crippen molar-refractivity contribution in [2.75, 3.05) is 14.1 Å². The number of hydrogen-bond donors (Lipinski definition) is 2. The zero-order chi connectivity index (χ0) is 15.3. The minimum atomic E-state index is 0.0147. The van der Waals surface area contributed by atoms with Gasteiger partial charge in [-0.1, -0.05) is 43.1 Å². The van der Waals surface area contributed by atoms with Crippen LogP contribution in [0.2, 0.25) is 10.0 Å². The average Bonchev–Trinajstić information content (AvgIpc) is 2.43. The molecule has 0 saturated heterocycles. The number of nitrogens with two attached hydrogens (primary N) is 1. The Kier molecular flexibility index (Phi) is 6.76. The Morgan fingerprint density at radius 2 is 1.80 bits per heavy atom. The van der Waals surface area contributed by atoms with Crippen molar-refractivity contribution in [3.8, 4) is 0 Å². The summed E-state index contributed by atoms with van der Waals surface area (Å²) in [7, 11) is 4.21. The van der Waals surface area contributed by atoms with Crippen molar-refractivity contribution >= 4 is 23.2 Å². The van der Waals surface area contributed by atoms with E-state index >= 15 is 0 Å². The molecule has 0 aliphatic heterocycles. The molecule has 0 fully saturated rings. The quantitative estimate of drug-likeness (QED) is 0.597. The summed E-state index contributed by atoms with van der Waals surface area (Å²) in [6, 6.07) is 5.90. The first kappa shape index (κ1) is 17.7. The van der Waals surface area contributed by atoms with Crippen LogP contribution < -0.4 is 11.3 Å². The maximum Gasteiger partial charge on any atom is 0.0595 e. The monoisotopic (exact) mass is 317 g/mol. The molecule has 114 valence electrons. The molecule has 0 radical (unpaired) electrons. The van der Waals surface area contributed by atoms with Gasteiger partial charge in [0.15, 0.2) is 0 Å². The van der Waals surface area contributed by atoms with Crippen LogP contribution in [0.25, 0.3) is 0 Å². The van der Waals surface area contributed by atoms with E-state index in [0.717, 1.165) is 24.8 Å². The fraction of sp³-hybridized carbons (Fsp3) is 0.600. The number of hydrogen-bond acceptors (Lipinski definition) is 3. The Morgan fingerprint density at radius 3 is 2.20 bits per heavy atom. The average molecular weight is 318 g/mol. The minimum absolute atomic E-state index is 0.0147. The Labute approximate surface area is 132 Å². The SMILES string of the molecule is CCC(CC)(C(Cc1ccc(Cl)c(Cl)c1)NN)N(C)C. The van der Waals surface area contributed by atoms with Gasteiger partial charge < -0.3 is 4.90 Å². The van der Waals surface area contributed by atoms with Crippen molar-refractivity contribution in [1.29, 1.82) is 0 Å². The zero-order valence-corrected chi connectivity index (χ0v) is 14.2. The number of benzene rings is 1. The lowest BCUT2D eigenvalue weighted by Crippen LogP contribution is -2.61. The maximum atomic E-state index is 6.09. The number of likely N-dealkylation sites (N-methyl/N-ethyl adjacent to an activating group) is 1. The van der Waals surface area contributed by atoms with E-state index < -0.39 is 0 Å². The Balaban J connectivity index is 3.03. The third-order valence-electron chi connectivity index (χ3n) is 4.39. The lowest BCUT2D eigenvalue weighted by atomic mass is 9.80. The maximum absolute atomic E-state index is 6.09. The Bertz CT molecular complexity index is 431. The molecule has 1 rings (SSSR count). The van der Waals surface area contributed by atoms with Gasteiger partial charge in [0.25, 0.3) is 0 Å². The molecule has 3 nitrogen and oxygen atoms in total. The van der Waals surface area contributed by atoms with Crippen LogP contribution in [-0.2, 0) is 6.42 Å². The topological polar surface area (TPSA) is 41.3 Å². The van der Waals surface area contributed by atoms with Crippen LogP contribution in [-0.4, -0.2) is 30.6 Å². The van der Waals surface area contributed by atoms with Crippen molar-refractivity contribution in [3.05, 3.63) is 33.8 Å². The molecule has 0 bridgehead atoms. The molecule has 0 heterocycles. The summed E-state index contributed by atoms with van der Waals surface area (Å²) in [5.41, 5.74) is 4.14. The van der Waals surface area contributed by atoms with Gasteiger partial charge in [0.2, 0.25) is 0 Å². The van der Waals surface area contributed by atoms with Crippen LogP contribution in [0.3, 0.4) is 0 Å². The Hall–Kier alpha value is -0.320. The van der Waals surface area contributed by atoms with E-state index in [1.54, 1.807) is 0 Å². The summed E-state index contributed by atoms with van der Waals surface area (Å²) in [5.74, 6) is 5.83. The summed E-state index contributed by atoms with van der Waals surface area (Å²) in [5, 5.41) is 1.17. The molecule has 20 heavy (non-hydrogen) atoms. The highest BCUT2D eigenvalue weighted by Gasteiger charge is 2.37. The predicted octanol–water partition coefficient (Wildman–Crippen LogP) is 3.49. The first-order valence-electron chi connectivity index (χ1n) is 6.98. The van der Waals surface area contributed by atoms with Crippen molar-refractivity contribution in [3.63, 3.8) is 0 Å². The zero-order valence-electron chi connectivity index (χ0n) is 12.7. The number of rotatable bonds is 7. The van der Waals surface area contributed by atoms with Crippen molar-refractivity contribution < 1.29 is 0 Å². The van der Waals surface area contributed by atoms with Crippen LogP contribution in [0, 0.1) is 0 Å². The van der Waals surface area contributed by atoms with E-state index in [4.69, 9.17) is 29.0 Å². The van der Waals surface area contributed by atoms with Crippen LogP contribution in [0.5, 0.6) is 0 Å². The Morgan fingerprint density at radius 1 is 1.20 bits per heavy atom. The number of hydrazine groups is 1. The van der Waals surface area contributed by atoms with Gasteiger partial charge in [-0.05, 0) is 51.1 Å². The van der Waals surface area contributed by atoms with Gasteiger partial charge in [-0.2, -0.15) is 0 Å². The first-order valence-corrected chi connectivity index (χ1v) is 7.74. The second kappa shape index (κ2) is 7.62. The third-order valence-corrected chi connectivity index (χ3v) is 5.13. The van der Waals surface area contributed by atoms with E-state index in [9.17, 15) is 0 Å². The summed E-state index contributed by atoms with van der Waals surface area (Å²) in [4.78, 5) is 2.26. The number of nitrogens with one attached hydrogen (secondary N) is 1. The lowest BCUT2D eigenvalue weighted by Gasteiger charge is -2.45. The molecular formula is C15H25Cl2N3. The molecule has 0 spiro atoms. The van der Waals surface area contributed by atoms with Gasteiger partial charge in [0.1, 0.15) is 0 Å². The molecule has 1 unspecified atom stereocenters. The molecule has 0 aliphatic carbocycles. The highest BCUT2D eigenvalue weighted by molar-refractivity contribution is 6.42. The van der Waals surface area contributed by atoms with Gasteiger partial charge >= 0.3 is 0 Å². The molecule has 0 aliphatic rings. The lowest BCUT2D eigenvalue weighted by molar-refractivity contribution is 0.0882. The minimum Gasteiger partial charge on any atom is -0.302 e. The first-order chi connectivity index (χ1) is 9.41. The summed E-state index contributed by atoms with van der Waals surface area (Å²) >= 11 is 12.1. The molecule has 0 aromatic heterocycles. The van der Waals surface area contributed by atoms with E-state index in [1.807, 2.05) is 18.2 Å². The van der Waals surface area contributed by atoms with Gasteiger partial charge in [-0.15, -0.1) is 0 Å². The number of halogens is 2. The highest BCUT2D eigenvalue weighted by atomic mass is 35.5. The summed E-state index contributed by atoms with van der Waals surface area (Å²) in [6.45, 7) is 4.39. The van der Waals surface area contributed by atoms with Crippen molar-refractivity contribution in [1.82, 2.24) is 10.3 Å². The molecule has 0 amide bonds. The van der Waals surface area contributed by atoms with Crippen molar-refractivity contribution in [2.45, 2.75) is 44.7 Å². The summed E-state index contributed by atoms with van der Waals surface area (Å²) < 4.78 is 0. The molecule has 1 aromatic carbocycles. The van der Waals surface area contributed by atoms with E-state index in [2.05, 4.69) is 38.3 Å². The highest BCUT2D eigenvalue weighted by Crippen LogP contribution is 2.29. The van der Waals surface area contributed by atoms with Crippen LogP contribution in [0.15, 0.2) is 18.2 Å². The van der Waals surface area contributed by atoms with E-state index in [-0.39, 0.29) is 11.6 Å². The van der Waals surface area contributed by atoms with E-state index in [1.165, 1.54) is 0 Å². The molecule has 5 heteroatoms. The standard InChI is InChI=1S/C15H25Cl2N3/c1-5-15(6-2,20(3)4)14(19-18)10-11-7-8-12(16)13(17)9-11/h7-9,14,19H,5-6,10,18H2,1-4H3. The molecule has 1 aromatic rings. The van der Waals surface area contributed by atoms with Crippen molar-refractivity contribution in [2.24, 2.45) is 5.84 Å². The second-order valence-corrected chi connectivity index (χ2v) is 6.19. The molecule has 3 N–H and O–H groups in total. The normalized spacial score (nSPS) is 13.8. The van der Waals surface area contributed by atoms with E-state index in [0.29, 0.717) is 10.0 Å². The fourth-order valence-corrected chi connectivity index (χ4v) is 3.31.